The molecule has 3 nitrogen and oxygen atoms in total. The quantitative estimate of drug-likeness (QED) is 0.399. The van der Waals surface area contributed by atoms with E-state index in [1.807, 2.05) is 5.32 Å². The van der Waals surface area contributed by atoms with Crippen LogP contribution < -0.4 is 5.32 Å². The van der Waals surface area contributed by atoms with E-state index in [9.17, 15) is 22.0 Å². The predicted molar refractivity (Wildman–Crippen MR) is 65.9 cm³/mol. The zero-order chi connectivity index (χ0) is 15.7. The molecule has 0 atom stereocenters. The first kappa shape index (κ1) is 15.4. The minimum atomic E-state index is -2.23. The zero-order valence-electron chi connectivity index (χ0n) is 10.4. The fourth-order valence-corrected chi connectivity index (χ4v) is 1.73. The van der Waals surface area contributed by atoms with Crippen molar-refractivity contribution in [3.63, 3.8) is 0 Å². The highest BCUT2D eigenvalue weighted by molar-refractivity contribution is 6.29. The first-order chi connectivity index (χ1) is 9.85. The Hall–Kier alpha value is -1.96. The molecule has 21 heavy (non-hydrogen) atoms. The molecular weight excluding hydrogens is 317 g/mol. The number of halogens is 6. The van der Waals surface area contributed by atoms with Crippen molar-refractivity contribution in [2.24, 2.45) is 0 Å². The summed E-state index contributed by atoms with van der Waals surface area (Å²) in [6.45, 7) is 1.70. The molecule has 2 rings (SSSR count). The van der Waals surface area contributed by atoms with Gasteiger partial charge in [-0.25, -0.2) is 31.9 Å². The van der Waals surface area contributed by atoms with E-state index in [1.54, 1.807) is 6.92 Å². The standard InChI is InChI=1S/C12H7ClF5N3/c1-2-5-19-4(13)3-6(20-5)21-12-10(17)8(15)7(14)9(16)11(12)18/h3H,2H2,1H3,(H,19,20,21). The van der Waals surface area contributed by atoms with Gasteiger partial charge in [-0.2, -0.15) is 0 Å². The van der Waals surface area contributed by atoms with Crippen LogP contribution in [0.1, 0.15) is 12.7 Å². The number of aromatic nitrogens is 2. The number of nitrogens with one attached hydrogen (secondary N) is 1. The second kappa shape index (κ2) is 5.80. The van der Waals surface area contributed by atoms with E-state index in [-0.39, 0.29) is 16.8 Å². The molecule has 9 heteroatoms. The average Bonchev–Trinajstić information content (AvgIpc) is 2.47. The second-order valence-electron chi connectivity index (χ2n) is 3.92. The first-order valence-corrected chi connectivity index (χ1v) is 6.04. The number of hydrogen-bond acceptors (Lipinski definition) is 3. The van der Waals surface area contributed by atoms with E-state index in [4.69, 9.17) is 11.6 Å². The van der Waals surface area contributed by atoms with Crippen molar-refractivity contribution < 1.29 is 22.0 Å². The SMILES string of the molecule is CCc1nc(Cl)cc(Nc2c(F)c(F)c(F)c(F)c2F)n1. The van der Waals surface area contributed by atoms with E-state index in [2.05, 4.69) is 9.97 Å². The van der Waals surface area contributed by atoms with Gasteiger partial charge in [0.15, 0.2) is 23.3 Å². The highest BCUT2D eigenvalue weighted by Crippen LogP contribution is 2.29. The minimum absolute atomic E-state index is 0.0341. The van der Waals surface area contributed by atoms with Crippen molar-refractivity contribution in [3.8, 4) is 0 Å². The smallest absolute Gasteiger partial charge is 0.200 e. The van der Waals surface area contributed by atoms with Crippen LogP contribution in [-0.4, -0.2) is 9.97 Å². The molecule has 0 spiro atoms. The molecular formula is C12H7ClF5N3. The summed E-state index contributed by atoms with van der Waals surface area (Å²) in [5.41, 5.74) is -1.21. The lowest BCUT2D eigenvalue weighted by Gasteiger charge is -2.11. The lowest BCUT2D eigenvalue weighted by Crippen LogP contribution is -2.08. The summed E-state index contributed by atoms with van der Waals surface area (Å²) in [5, 5.41) is 2.00. The Morgan fingerprint density at radius 1 is 0.952 bits per heavy atom. The van der Waals surface area contributed by atoms with Crippen LogP contribution in [0.25, 0.3) is 0 Å². The molecule has 0 unspecified atom stereocenters. The number of nitrogens with zero attached hydrogens (tertiary/aromatic N) is 2. The molecule has 1 aromatic heterocycles. The van der Waals surface area contributed by atoms with E-state index >= 15 is 0 Å². The number of rotatable bonds is 3. The van der Waals surface area contributed by atoms with Crippen LogP contribution >= 0.6 is 11.6 Å². The maximum atomic E-state index is 13.5. The predicted octanol–water partition coefficient (Wildman–Crippen LogP) is 4.13. The van der Waals surface area contributed by atoms with Crippen LogP contribution in [-0.2, 0) is 6.42 Å². The Kier molecular flexibility index (Phi) is 4.26. The summed E-state index contributed by atoms with van der Waals surface area (Å²) < 4.78 is 66.1. The van der Waals surface area contributed by atoms with Gasteiger partial charge in [0.05, 0.1) is 0 Å². The normalized spacial score (nSPS) is 10.8. The topological polar surface area (TPSA) is 37.8 Å². The van der Waals surface area contributed by atoms with Crippen LogP contribution in [0.4, 0.5) is 33.5 Å². The number of benzene rings is 1. The maximum Gasteiger partial charge on any atom is 0.200 e. The van der Waals surface area contributed by atoms with Crippen LogP contribution in [0.3, 0.4) is 0 Å². The molecule has 2 aromatic rings. The van der Waals surface area contributed by atoms with E-state index in [0.29, 0.717) is 6.42 Å². The van der Waals surface area contributed by atoms with Gasteiger partial charge in [0.1, 0.15) is 22.5 Å². The molecule has 0 amide bonds. The Balaban J connectivity index is 2.52. The van der Waals surface area contributed by atoms with E-state index < -0.39 is 34.8 Å². The zero-order valence-corrected chi connectivity index (χ0v) is 11.2. The molecule has 0 aliphatic rings. The van der Waals surface area contributed by atoms with Crippen LogP contribution in [0.5, 0.6) is 0 Å². The monoisotopic (exact) mass is 323 g/mol. The number of anilines is 2. The van der Waals surface area contributed by atoms with Gasteiger partial charge >= 0.3 is 0 Å². The molecule has 0 bridgehead atoms. The molecule has 1 N–H and O–H groups in total. The van der Waals surface area contributed by atoms with E-state index in [1.165, 1.54) is 0 Å². The number of hydrogen-bond donors (Lipinski definition) is 1. The van der Waals surface area contributed by atoms with Gasteiger partial charge < -0.3 is 5.32 Å². The van der Waals surface area contributed by atoms with Crippen molar-refractivity contribution in [1.82, 2.24) is 9.97 Å². The first-order valence-electron chi connectivity index (χ1n) is 5.67. The summed E-state index contributed by atoms with van der Waals surface area (Å²) in [7, 11) is 0. The Labute approximate surface area is 120 Å². The Bertz CT molecular complexity index is 679. The van der Waals surface area contributed by atoms with Gasteiger partial charge in [0.2, 0.25) is 5.82 Å². The summed E-state index contributed by atoms with van der Waals surface area (Å²) >= 11 is 5.68. The van der Waals surface area contributed by atoms with Gasteiger partial charge in [0, 0.05) is 12.5 Å². The van der Waals surface area contributed by atoms with Gasteiger partial charge in [-0.3, -0.25) is 0 Å². The Morgan fingerprint density at radius 3 is 2.00 bits per heavy atom. The summed E-state index contributed by atoms with van der Waals surface area (Å²) in [5.74, 6) is -10.2. The molecule has 0 radical (unpaired) electrons. The summed E-state index contributed by atoms with van der Waals surface area (Å²) in [6, 6.07) is 1.10. The third-order valence-electron chi connectivity index (χ3n) is 2.52. The third-order valence-corrected chi connectivity index (χ3v) is 2.71. The van der Waals surface area contributed by atoms with Crippen LogP contribution in [0.15, 0.2) is 6.07 Å². The highest BCUT2D eigenvalue weighted by atomic mass is 35.5. The van der Waals surface area contributed by atoms with E-state index in [0.717, 1.165) is 6.07 Å². The minimum Gasteiger partial charge on any atom is -0.335 e. The molecule has 0 saturated heterocycles. The second-order valence-corrected chi connectivity index (χ2v) is 4.30. The number of aryl methyl sites for hydroxylation is 1. The van der Waals surface area contributed by atoms with Crippen molar-refractivity contribution in [3.05, 3.63) is 46.1 Å². The lowest BCUT2D eigenvalue weighted by molar-refractivity contribution is 0.382. The van der Waals surface area contributed by atoms with Crippen LogP contribution in [0.2, 0.25) is 5.15 Å². The molecule has 0 aliphatic heterocycles. The average molecular weight is 324 g/mol. The van der Waals surface area contributed by atoms with Gasteiger partial charge in [-0.15, -0.1) is 0 Å². The molecule has 1 aromatic carbocycles. The van der Waals surface area contributed by atoms with Crippen molar-refractivity contribution in [2.45, 2.75) is 13.3 Å². The van der Waals surface area contributed by atoms with Crippen molar-refractivity contribution in [2.75, 3.05) is 5.32 Å². The van der Waals surface area contributed by atoms with Crippen molar-refractivity contribution >= 4 is 23.1 Å². The molecule has 112 valence electrons. The van der Waals surface area contributed by atoms with Gasteiger partial charge in [0.25, 0.3) is 0 Å². The molecule has 0 fully saturated rings. The van der Waals surface area contributed by atoms with Crippen LogP contribution in [0, 0.1) is 29.1 Å². The van der Waals surface area contributed by atoms with Crippen molar-refractivity contribution in [1.29, 1.82) is 0 Å². The molecule has 0 saturated carbocycles. The molecule has 1 heterocycles. The lowest BCUT2D eigenvalue weighted by atomic mass is 10.2. The molecule has 0 aliphatic carbocycles. The largest absolute Gasteiger partial charge is 0.335 e. The van der Waals surface area contributed by atoms with Gasteiger partial charge in [-0.05, 0) is 0 Å². The van der Waals surface area contributed by atoms with Gasteiger partial charge in [-0.1, -0.05) is 18.5 Å². The fraction of sp³-hybridized carbons (Fsp3) is 0.167. The fourth-order valence-electron chi connectivity index (χ4n) is 1.53. The highest BCUT2D eigenvalue weighted by Gasteiger charge is 2.26. The Morgan fingerprint density at radius 2 is 1.48 bits per heavy atom. The summed E-state index contributed by atoms with van der Waals surface area (Å²) in [4.78, 5) is 7.64. The summed E-state index contributed by atoms with van der Waals surface area (Å²) in [6.07, 6.45) is 0.367. The third kappa shape index (κ3) is 2.90. The maximum absolute atomic E-state index is 13.5.